The maximum Gasteiger partial charge on any atom is 0.194 e. The van der Waals surface area contributed by atoms with E-state index in [0.29, 0.717) is 24.2 Å². The summed E-state index contributed by atoms with van der Waals surface area (Å²) < 4.78 is 12.0. The molecule has 3 atom stereocenters. The molecular formula is C24H38IN3O2. The van der Waals surface area contributed by atoms with Crippen molar-refractivity contribution in [3.05, 3.63) is 35.4 Å². The SMILES string of the molecule is CCN=C(NC1CC1c1ccccc1C)N1CCC(OCC2CCCCO2)CC1.I. The van der Waals surface area contributed by atoms with E-state index in [0.717, 1.165) is 58.1 Å². The molecular weight excluding hydrogens is 489 g/mol. The summed E-state index contributed by atoms with van der Waals surface area (Å²) in [7, 11) is 0. The van der Waals surface area contributed by atoms with Crippen LogP contribution in [0.3, 0.4) is 0 Å². The molecule has 6 heteroatoms. The highest BCUT2D eigenvalue weighted by molar-refractivity contribution is 14.0. The zero-order valence-corrected chi connectivity index (χ0v) is 20.8. The van der Waals surface area contributed by atoms with Gasteiger partial charge in [0.2, 0.25) is 0 Å². The van der Waals surface area contributed by atoms with Gasteiger partial charge >= 0.3 is 0 Å². The second kappa shape index (κ2) is 11.7. The molecule has 1 saturated carbocycles. The molecule has 3 aliphatic rings. The van der Waals surface area contributed by atoms with Crippen LogP contribution in [0.4, 0.5) is 0 Å². The van der Waals surface area contributed by atoms with Gasteiger partial charge in [-0.25, -0.2) is 0 Å². The molecule has 5 nitrogen and oxygen atoms in total. The summed E-state index contributed by atoms with van der Waals surface area (Å²) in [5, 5.41) is 3.75. The Morgan fingerprint density at radius 3 is 2.70 bits per heavy atom. The Labute approximate surface area is 199 Å². The van der Waals surface area contributed by atoms with E-state index in [2.05, 4.69) is 48.3 Å². The van der Waals surface area contributed by atoms with Crippen LogP contribution >= 0.6 is 24.0 Å². The fourth-order valence-electron chi connectivity index (χ4n) is 4.67. The van der Waals surface area contributed by atoms with E-state index in [1.807, 2.05) is 0 Å². The smallest absolute Gasteiger partial charge is 0.194 e. The van der Waals surface area contributed by atoms with Crippen LogP contribution in [0.2, 0.25) is 0 Å². The third kappa shape index (κ3) is 6.33. The summed E-state index contributed by atoms with van der Waals surface area (Å²) in [5.41, 5.74) is 2.88. The molecule has 0 radical (unpaired) electrons. The van der Waals surface area contributed by atoms with Crippen LogP contribution in [0.15, 0.2) is 29.3 Å². The van der Waals surface area contributed by atoms with Gasteiger partial charge in [-0.2, -0.15) is 0 Å². The summed E-state index contributed by atoms with van der Waals surface area (Å²) >= 11 is 0. The number of aliphatic imine (C=N–C) groups is 1. The first-order valence-electron chi connectivity index (χ1n) is 11.6. The van der Waals surface area contributed by atoms with Crippen LogP contribution < -0.4 is 5.32 Å². The van der Waals surface area contributed by atoms with Crippen molar-refractivity contribution in [1.29, 1.82) is 0 Å². The Kier molecular flexibility index (Phi) is 9.26. The molecule has 30 heavy (non-hydrogen) atoms. The highest BCUT2D eigenvalue weighted by Gasteiger charge is 2.40. The normalized spacial score (nSPS) is 27.5. The second-order valence-electron chi connectivity index (χ2n) is 8.76. The molecule has 2 saturated heterocycles. The van der Waals surface area contributed by atoms with E-state index in [1.165, 1.54) is 30.4 Å². The number of piperidine rings is 1. The molecule has 3 unspecified atom stereocenters. The number of nitrogens with zero attached hydrogens (tertiary/aromatic N) is 2. The predicted molar refractivity (Wildman–Crippen MR) is 133 cm³/mol. The summed E-state index contributed by atoms with van der Waals surface area (Å²) in [6, 6.07) is 9.28. The van der Waals surface area contributed by atoms with Crippen LogP contribution in [0.5, 0.6) is 0 Å². The van der Waals surface area contributed by atoms with Crippen molar-refractivity contribution < 1.29 is 9.47 Å². The molecule has 0 spiro atoms. The number of guanidine groups is 1. The van der Waals surface area contributed by atoms with Crippen molar-refractivity contribution >= 4 is 29.9 Å². The van der Waals surface area contributed by atoms with Gasteiger partial charge in [-0.3, -0.25) is 4.99 Å². The lowest BCUT2D eigenvalue weighted by molar-refractivity contribution is -0.0721. The third-order valence-electron chi connectivity index (χ3n) is 6.53. The lowest BCUT2D eigenvalue weighted by atomic mass is 10.0. The Bertz CT molecular complexity index is 685. The van der Waals surface area contributed by atoms with E-state index in [4.69, 9.17) is 14.5 Å². The van der Waals surface area contributed by atoms with E-state index in [9.17, 15) is 0 Å². The number of halogens is 1. The van der Waals surface area contributed by atoms with Crippen LogP contribution in [0.25, 0.3) is 0 Å². The Morgan fingerprint density at radius 2 is 2.00 bits per heavy atom. The minimum atomic E-state index is 0. The quantitative estimate of drug-likeness (QED) is 0.337. The Morgan fingerprint density at radius 1 is 1.20 bits per heavy atom. The van der Waals surface area contributed by atoms with Gasteiger partial charge in [0.15, 0.2) is 5.96 Å². The lowest BCUT2D eigenvalue weighted by Gasteiger charge is -2.35. The van der Waals surface area contributed by atoms with Crippen LogP contribution in [0.1, 0.15) is 62.5 Å². The molecule has 1 aromatic rings. The standard InChI is InChI=1S/C24H37N3O2.HI/c1-3-25-24(26-23-16-22(23)21-10-5-4-8-18(21)2)27-13-11-19(12-14-27)29-17-20-9-6-7-15-28-20;/h4-5,8,10,19-20,22-23H,3,6-7,9,11-17H2,1-2H3,(H,25,26);1H. The fraction of sp³-hybridized carbons (Fsp3) is 0.708. The van der Waals surface area contributed by atoms with Gasteiger partial charge in [0, 0.05) is 38.2 Å². The van der Waals surface area contributed by atoms with Crippen LogP contribution in [0, 0.1) is 6.92 Å². The molecule has 1 aliphatic carbocycles. The van der Waals surface area contributed by atoms with Gasteiger partial charge in [0.25, 0.3) is 0 Å². The van der Waals surface area contributed by atoms with E-state index in [1.54, 1.807) is 0 Å². The monoisotopic (exact) mass is 527 g/mol. The van der Waals surface area contributed by atoms with Crippen molar-refractivity contribution in [3.8, 4) is 0 Å². The molecule has 0 amide bonds. The second-order valence-corrected chi connectivity index (χ2v) is 8.76. The summed E-state index contributed by atoms with van der Waals surface area (Å²) in [6.45, 7) is 8.86. The molecule has 2 heterocycles. The number of benzene rings is 1. The van der Waals surface area contributed by atoms with E-state index >= 15 is 0 Å². The molecule has 1 aromatic carbocycles. The number of nitrogens with one attached hydrogen (secondary N) is 1. The topological polar surface area (TPSA) is 46.1 Å². The summed E-state index contributed by atoms with van der Waals surface area (Å²) in [6.07, 6.45) is 7.65. The summed E-state index contributed by atoms with van der Waals surface area (Å²) in [4.78, 5) is 7.22. The Hall–Kier alpha value is -0.860. The zero-order chi connectivity index (χ0) is 20.1. The molecule has 168 valence electrons. The predicted octanol–water partition coefficient (Wildman–Crippen LogP) is 4.48. The number of hydrogen-bond acceptors (Lipinski definition) is 3. The average molecular weight is 527 g/mol. The van der Waals surface area contributed by atoms with E-state index in [-0.39, 0.29) is 24.0 Å². The van der Waals surface area contributed by atoms with Crippen molar-refractivity contribution in [2.45, 2.75) is 76.5 Å². The van der Waals surface area contributed by atoms with Crippen LogP contribution in [-0.2, 0) is 9.47 Å². The van der Waals surface area contributed by atoms with Gasteiger partial charge in [0.05, 0.1) is 18.8 Å². The van der Waals surface area contributed by atoms with E-state index < -0.39 is 0 Å². The molecule has 0 bridgehead atoms. The Balaban J connectivity index is 0.00000256. The maximum atomic E-state index is 6.18. The number of hydrogen-bond donors (Lipinski definition) is 1. The van der Waals surface area contributed by atoms with Crippen molar-refractivity contribution in [3.63, 3.8) is 0 Å². The van der Waals surface area contributed by atoms with Crippen molar-refractivity contribution in [2.75, 3.05) is 32.8 Å². The largest absolute Gasteiger partial charge is 0.376 e. The number of ether oxygens (including phenoxy) is 2. The van der Waals surface area contributed by atoms with Crippen molar-refractivity contribution in [2.24, 2.45) is 4.99 Å². The first-order valence-corrected chi connectivity index (χ1v) is 11.6. The number of likely N-dealkylation sites (tertiary alicyclic amines) is 1. The van der Waals surface area contributed by atoms with Crippen LogP contribution in [-0.4, -0.2) is 62.0 Å². The van der Waals surface area contributed by atoms with Gasteiger partial charge in [-0.15, -0.1) is 24.0 Å². The molecule has 1 N–H and O–H groups in total. The lowest BCUT2D eigenvalue weighted by Crippen LogP contribution is -2.48. The molecule has 0 aromatic heterocycles. The molecule has 2 aliphatic heterocycles. The number of aryl methyl sites for hydroxylation is 1. The van der Waals surface area contributed by atoms with Gasteiger partial charge < -0.3 is 19.7 Å². The highest BCUT2D eigenvalue weighted by Crippen LogP contribution is 2.42. The molecule has 3 fully saturated rings. The van der Waals surface area contributed by atoms with Crippen molar-refractivity contribution in [1.82, 2.24) is 10.2 Å². The summed E-state index contributed by atoms with van der Waals surface area (Å²) in [5.74, 6) is 1.71. The molecule has 4 rings (SSSR count). The third-order valence-corrected chi connectivity index (χ3v) is 6.53. The first-order chi connectivity index (χ1) is 14.2. The number of rotatable bonds is 6. The minimum absolute atomic E-state index is 0. The zero-order valence-electron chi connectivity index (χ0n) is 18.5. The minimum Gasteiger partial charge on any atom is -0.376 e. The maximum absolute atomic E-state index is 6.18. The van der Waals surface area contributed by atoms with Gasteiger partial charge in [-0.1, -0.05) is 24.3 Å². The first kappa shape index (κ1) is 23.8. The highest BCUT2D eigenvalue weighted by atomic mass is 127. The average Bonchev–Trinajstić information content (AvgIpc) is 3.52. The fourth-order valence-corrected chi connectivity index (χ4v) is 4.67. The van der Waals surface area contributed by atoms with Gasteiger partial charge in [-0.05, 0) is 63.5 Å². The van der Waals surface area contributed by atoms with Gasteiger partial charge in [0.1, 0.15) is 0 Å².